The molecule has 0 saturated carbocycles. The second kappa shape index (κ2) is 9.62. The van der Waals surface area contributed by atoms with Gasteiger partial charge >= 0.3 is 0 Å². The summed E-state index contributed by atoms with van der Waals surface area (Å²) < 4.78 is 5.52. The minimum atomic E-state index is -0.237. The molecule has 8 heteroatoms. The lowest BCUT2D eigenvalue weighted by Gasteiger charge is -2.37. The van der Waals surface area contributed by atoms with Crippen molar-refractivity contribution in [3.05, 3.63) is 33.8 Å². The van der Waals surface area contributed by atoms with E-state index in [1.54, 1.807) is 13.1 Å². The van der Waals surface area contributed by atoms with Gasteiger partial charge in [-0.2, -0.15) is 0 Å². The Bertz CT molecular complexity index is 664. The van der Waals surface area contributed by atoms with Gasteiger partial charge in [-0.25, -0.2) is 0 Å². The summed E-state index contributed by atoms with van der Waals surface area (Å²) in [7, 11) is 1.78. The number of guanidine groups is 1. The Morgan fingerprint density at radius 1 is 1.19 bits per heavy atom. The van der Waals surface area contributed by atoms with E-state index in [0.717, 1.165) is 50.4 Å². The number of piperazine rings is 1. The van der Waals surface area contributed by atoms with Gasteiger partial charge in [0.1, 0.15) is 6.10 Å². The molecule has 0 radical (unpaired) electrons. The number of nitrogens with zero attached hydrogens (tertiary/aromatic N) is 3. The number of ether oxygens (including phenoxy) is 1. The van der Waals surface area contributed by atoms with Crippen LogP contribution >= 0.6 is 23.2 Å². The third-order valence-corrected chi connectivity index (χ3v) is 5.36. The Morgan fingerprint density at radius 2 is 1.85 bits per heavy atom. The summed E-state index contributed by atoms with van der Waals surface area (Å²) in [4.78, 5) is 20.9. The minimum absolute atomic E-state index is 0.132. The van der Waals surface area contributed by atoms with Crippen LogP contribution in [0.3, 0.4) is 0 Å². The summed E-state index contributed by atoms with van der Waals surface area (Å²) in [5.41, 5.74) is 1.09. The first-order chi connectivity index (χ1) is 13.1. The van der Waals surface area contributed by atoms with E-state index >= 15 is 0 Å². The second-order valence-electron chi connectivity index (χ2n) is 6.82. The van der Waals surface area contributed by atoms with Crippen molar-refractivity contribution in [2.24, 2.45) is 4.99 Å². The number of carbonyl (C=O) groups is 1. The summed E-state index contributed by atoms with van der Waals surface area (Å²) in [5.74, 6) is 0.986. The third kappa shape index (κ3) is 5.50. The van der Waals surface area contributed by atoms with Crippen LogP contribution in [0.15, 0.2) is 23.2 Å². The first kappa shape index (κ1) is 20.2. The average Bonchev–Trinajstić information content (AvgIpc) is 3.19. The summed E-state index contributed by atoms with van der Waals surface area (Å²) in [6, 6.07) is 5.58. The predicted octanol–water partition coefficient (Wildman–Crippen LogP) is 2.43. The molecule has 1 amide bonds. The molecule has 2 fully saturated rings. The summed E-state index contributed by atoms with van der Waals surface area (Å²) in [6.07, 6.45) is 2.38. The van der Waals surface area contributed by atoms with E-state index < -0.39 is 0 Å². The number of hydrogen-bond acceptors (Lipinski definition) is 3. The normalized spacial score (nSPS) is 20.9. The van der Waals surface area contributed by atoms with Gasteiger partial charge in [-0.1, -0.05) is 23.2 Å². The molecular formula is C19H26Cl2N4O2. The Hall–Kier alpha value is -1.50. The zero-order valence-corrected chi connectivity index (χ0v) is 17.1. The number of benzene rings is 1. The number of aliphatic imine (C=N–C) groups is 1. The standard InChI is InChI=1S/C19H26Cl2N4O2/c1-22-19(23-5-4-14-11-15(20)13-16(21)12-14)25-8-6-24(7-9-25)18(26)17-3-2-10-27-17/h11-13,17H,2-10H2,1H3,(H,22,23). The van der Waals surface area contributed by atoms with Crippen LogP contribution in [-0.4, -0.2) is 74.1 Å². The van der Waals surface area contributed by atoms with Gasteiger partial charge in [-0.05, 0) is 43.0 Å². The monoisotopic (exact) mass is 412 g/mol. The molecule has 0 bridgehead atoms. The fourth-order valence-corrected chi connectivity index (χ4v) is 4.09. The third-order valence-electron chi connectivity index (χ3n) is 4.93. The van der Waals surface area contributed by atoms with E-state index in [-0.39, 0.29) is 12.0 Å². The van der Waals surface area contributed by atoms with Crippen LogP contribution in [0.25, 0.3) is 0 Å². The summed E-state index contributed by atoms with van der Waals surface area (Å²) >= 11 is 12.1. The van der Waals surface area contributed by atoms with Gasteiger partial charge in [0.05, 0.1) is 0 Å². The molecular weight excluding hydrogens is 387 g/mol. The number of hydrogen-bond donors (Lipinski definition) is 1. The van der Waals surface area contributed by atoms with Crippen LogP contribution in [-0.2, 0) is 16.0 Å². The molecule has 2 heterocycles. The first-order valence-corrected chi connectivity index (χ1v) is 10.1. The molecule has 6 nitrogen and oxygen atoms in total. The van der Waals surface area contributed by atoms with Crippen molar-refractivity contribution in [3.8, 4) is 0 Å². The quantitative estimate of drug-likeness (QED) is 0.609. The molecule has 2 saturated heterocycles. The van der Waals surface area contributed by atoms with Crippen LogP contribution in [0.1, 0.15) is 18.4 Å². The SMILES string of the molecule is CN=C(NCCc1cc(Cl)cc(Cl)c1)N1CCN(C(=O)C2CCCO2)CC1. The molecule has 1 unspecified atom stereocenters. The van der Waals surface area contributed by atoms with Crippen LogP contribution in [0.5, 0.6) is 0 Å². The summed E-state index contributed by atoms with van der Waals surface area (Å²) in [6.45, 7) is 4.36. The maximum atomic E-state index is 12.4. The number of halogens is 2. The van der Waals surface area contributed by atoms with E-state index in [1.165, 1.54) is 0 Å². The van der Waals surface area contributed by atoms with E-state index in [2.05, 4.69) is 15.2 Å². The minimum Gasteiger partial charge on any atom is -0.368 e. The Balaban J connectivity index is 1.45. The topological polar surface area (TPSA) is 57.2 Å². The molecule has 1 N–H and O–H groups in total. The highest BCUT2D eigenvalue weighted by atomic mass is 35.5. The van der Waals surface area contributed by atoms with Gasteiger partial charge in [0.25, 0.3) is 5.91 Å². The van der Waals surface area contributed by atoms with Crippen molar-refractivity contribution in [3.63, 3.8) is 0 Å². The van der Waals surface area contributed by atoms with Crippen LogP contribution < -0.4 is 5.32 Å². The van der Waals surface area contributed by atoms with Crippen molar-refractivity contribution in [2.45, 2.75) is 25.4 Å². The van der Waals surface area contributed by atoms with E-state index in [1.807, 2.05) is 17.0 Å². The molecule has 148 valence electrons. The zero-order chi connectivity index (χ0) is 19.2. The molecule has 2 aliphatic rings. The van der Waals surface area contributed by atoms with Gasteiger partial charge in [0, 0.05) is 56.4 Å². The van der Waals surface area contributed by atoms with Crippen molar-refractivity contribution in [1.29, 1.82) is 0 Å². The van der Waals surface area contributed by atoms with Crippen molar-refractivity contribution in [1.82, 2.24) is 15.1 Å². The molecule has 1 aromatic rings. The lowest BCUT2D eigenvalue weighted by molar-refractivity contribution is -0.142. The fourth-order valence-electron chi connectivity index (χ4n) is 3.52. The first-order valence-electron chi connectivity index (χ1n) is 9.38. The molecule has 1 aromatic carbocycles. The lowest BCUT2D eigenvalue weighted by Crippen LogP contribution is -2.55. The van der Waals surface area contributed by atoms with Crippen LogP contribution in [0, 0.1) is 0 Å². The van der Waals surface area contributed by atoms with Gasteiger partial charge < -0.3 is 19.9 Å². The predicted molar refractivity (Wildman–Crippen MR) is 109 cm³/mol. The fraction of sp³-hybridized carbons (Fsp3) is 0.579. The second-order valence-corrected chi connectivity index (χ2v) is 7.69. The zero-order valence-electron chi connectivity index (χ0n) is 15.6. The number of rotatable bonds is 4. The largest absolute Gasteiger partial charge is 0.368 e. The van der Waals surface area contributed by atoms with E-state index in [0.29, 0.717) is 29.7 Å². The van der Waals surface area contributed by atoms with Crippen LogP contribution in [0.2, 0.25) is 10.0 Å². The van der Waals surface area contributed by atoms with Crippen LogP contribution in [0.4, 0.5) is 0 Å². The molecule has 0 spiro atoms. The van der Waals surface area contributed by atoms with Crippen molar-refractivity contribution in [2.75, 3.05) is 46.4 Å². The Kier molecular flexibility index (Phi) is 7.21. The highest BCUT2D eigenvalue weighted by molar-refractivity contribution is 6.34. The maximum Gasteiger partial charge on any atom is 0.251 e. The molecule has 0 aliphatic carbocycles. The van der Waals surface area contributed by atoms with Gasteiger partial charge in [0.2, 0.25) is 0 Å². The number of amides is 1. The number of carbonyl (C=O) groups excluding carboxylic acids is 1. The Morgan fingerprint density at radius 3 is 2.44 bits per heavy atom. The van der Waals surface area contributed by atoms with Crippen molar-refractivity contribution < 1.29 is 9.53 Å². The maximum absolute atomic E-state index is 12.4. The van der Waals surface area contributed by atoms with E-state index in [9.17, 15) is 4.79 Å². The number of nitrogens with one attached hydrogen (secondary N) is 1. The van der Waals surface area contributed by atoms with Gasteiger partial charge in [0.15, 0.2) is 5.96 Å². The van der Waals surface area contributed by atoms with Gasteiger partial charge in [-0.15, -0.1) is 0 Å². The smallest absolute Gasteiger partial charge is 0.251 e. The molecule has 27 heavy (non-hydrogen) atoms. The molecule has 3 rings (SSSR count). The summed E-state index contributed by atoms with van der Waals surface area (Å²) in [5, 5.41) is 4.68. The molecule has 1 atom stereocenters. The van der Waals surface area contributed by atoms with E-state index in [4.69, 9.17) is 27.9 Å². The van der Waals surface area contributed by atoms with Gasteiger partial charge in [-0.3, -0.25) is 9.79 Å². The average molecular weight is 413 g/mol. The van der Waals surface area contributed by atoms with Crippen molar-refractivity contribution >= 4 is 35.1 Å². The highest BCUT2D eigenvalue weighted by Crippen LogP contribution is 2.19. The lowest BCUT2D eigenvalue weighted by atomic mass is 10.1. The Labute approximate surface area is 170 Å². The highest BCUT2D eigenvalue weighted by Gasteiger charge is 2.30. The molecule has 2 aliphatic heterocycles. The molecule has 0 aromatic heterocycles.